The van der Waals surface area contributed by atoms with Crippen LogP contribution in [0.15, 0.2) is 23.0 Å². The molecule has 2 N–H and O–H groups in total. The van der Waals surface area contributed by atoms with E-state index in [4.69, 9.17) is 5.11 Å². The zero-order valence-corrected chi connectivity index (χ0v) is 10.9. The third-order valence-electron chi connectivity index (χ3n) is 3.03. The highest BCUT2D eigenvalue weighted by Crippen LogP contribution is 2.23. The van der Waals surface area contributed by atoms with Gasteiger partial charge in [0.25, 0.3) is 5.56 Å². The van der Waals surface area contributed by atoms with Crippen molar-refractivity contribution in [2.45, 2.75) is 20.8 Å². The lowest BCUT2D eigenvalue weighted by Crippen LogP contribution is -2.21. The number of hydrogen-bond acceptors (Lipinski definition) is 3. The standard InChI is InChI=1S/C14H14N2O3/c1-7-5-4-6-8(2)10(7)12-15-9(3)11(14(18)19)13(17)16-12/h4-6H,1-3H3,(H,18,19)(H,15,16,17). The number of carbonyl (C=O) groups is 1. The van der Waals surface area contributed by atoms with E-state index in [0.717, 1.165) is 16.7 Å². The first kappa shape index (κ1) is 13.0. The van der Waals surface area contributed by atoms with Crippen molar-refractivity contribution in [3.8, 4) is 11.4 Å². The highest BCUT2D eigenvalue weighted by atomic mass is 16.4. The van der Waals surface area contributed by atoms with Gasteiger partial charge in [-0.05, 0) is 31.9 Å². The molecule has 0 radical (unpaired) electrons. The quantitative estimate of drug-likeness (QED) is 0.863. The van der Waals surface area contributed by atoms with Crippen LogP contribution in [0.5, 0.6) is 0 Å². The number of carboxylic acid groups (broad SMARTS) is 1. The number of aromatic nitrogens is 2. The second-order valence-electron chi connectivity index (χ2n) is 4.45. The smallest absolute Gasteiger partial charge is 0.343 e. The minimum absolute atomic E-state index is 0.217. The minimum atomic E-state index is -1.26. The van der Waals surface area contributed by atoms with E-state index in [9.17, 15) is 9.59 Å². The van der Waals surface area contributed by atoms with E-state index in [1.807, 2.05) is 32.0 Å². The Labute approximate surface area is 110 Å². The Bertz CT molecular complexity index is 697. The average molecular weight is 258 g/mol. The predicted octanol–water partition coefficient (Wildman–Crippen LogP) is 2.06. The van der Waals surface area contributed by atoms with Crippen LogP contribution in [0.25, 0.3) is 11.4 Å². The molecule has 2 aromatic rings. The van der Waals surface area contributed by atoms with Crippen LogP contribution in [-0.4, -0.2) is 21.0 Å². The fourth-order valence-corrected chi connectivity index (χ4v) is 2.14. The van der Waals surface area contributed by atoms with Gasteiger partial charge in [-0.3, -0.25) is 4.79 Å². The first-order chi connectivity index (χ1) is 8.91. The van der Waals surface area contributed by atoms with Crippen molar-refractivity contribution in [2.24, 2.45) is 0 Å². The van der Waals surface area contributed by atoms with E-state index >= 15 is 0 Å². The summed E-state index contributed by atoms with van der Waals surface area (Å²) in [5.41, 5.74) is 2.07. The number of H-pyrrole nitrogens is 1. The van der Waals surface area contributed by atoms with E-state index in [0.29, 0.717) is 5.82 Å². The summed E-state index contributed by atoms with van der Waals surface area (Å²) >= 11 is 0. The monoisotopic (exact) mass is 258 g/mol. The number of aromatic amines is 1. The molecule has 0 unspecified atom stereocenters. The van der Waals surface area contributed by atoms with Gasteiger partial charge >= 0.3 is 5.97 Å². The van der Waals surface area contributed by atoms with Crippen LogP contribution in [-0.2, 0) is 0 Å². The summed E-state index contributed by atoms with van der Waals surface area (Å²) in [6.07, 6.45) is 0. The molecule has 5 nitrogen and oxygen atoms in total. The second-order valence-corrected chi connectivity index (χ2v) is 4.45. The van der Waals surface area contributed by atoms with Crippen LogP contribution in [0.2, 0.25) is 0 Å². The summed E-state index contributed by atoms with van der Waals surface area (Å²) in [4.78, 5) is 29.5. The summed E-state index contributed by atoms with van der Waals surface area (Å²) in [7, 11) is 0. The maximum atomic E-state index is 11.8. The molecule has 98 valence electrons. The first-order valence-corrected chi connectivity index (χ1v) is 5.82. The summed E-state index contributed by atoms with van der Waals surface area (Å²) < 4.78 is 0. The van der Waals surface area contributed by atoms with Crippen molar-refractivity contribution in [3.63, 3.8) is 0 Å². The number of carboxylic acids is 1. The Hall–Kier alpha value is -2.43. The van der Waals surface area contributed by atoms with E-state index in [1.54, 1.807) is 0 Å². The number of benzene rings is 1. The Kier molecular flexibility index (Phi) is 3.21. The van der Waals surface area contributed by atoms with Crippen molar-refractivity contribution in [3.05, 3.63) is 50.9 Å². The van der Waals surface area contributed by atoms with Gasteiger partial charge in [0.15, 0.2) is 0 Å². The Morgan fingerprint density at radius 3 is 2.26 bits per heavy atom. The highest BCUT2D eigenvalue weighted by Gasteiger charge is 2.17. The minimum Gasteiger partial charge on any atom is -0.477 e. The number of aromatic carboxylic acids is 1. The summed E-state index contributed by atoms with van der Waals surface area (Å²) in [5.74, 6) is -0.859. The largest absolute Gasteiger partial charge is 0.477 e. The zero-order valence-electron chi connectivity index (χ0n) is 10.9. The fraction of sp³-hybridized carbons (Fsp3) is 0.214. The summed E-state index contributed by atoms with van der Waals surface area (Å²) in [6, 6.07) is 5.76. The molecule has 0 saturated carbocycles. The lowest BCUT2D eigenvalue weighted by molar-refractivity contribution is 0.0693. The van der Waals surface area contributed by atoms with Gasteiger partial charge in [0.05, 0.1) is 5.69 Å². The molecule has 2 rings (SSSR count). The molecule has 19 heavy (non-hydrogen) atoms. The van der Waals surface area contributed by atoms with Crippen LogP contribution in [0.1, 0.15) is 27.2 Å². The molecule has 0 atom stereocenters. The van der Waals surface area contributed by atoms with Crippen LogP contribution >= 0.6 is 0 Å². The average Bonchev–Trinajstić information content (AvgIpc) is 2.26. The predicted molar refractivity (Wildman–Crippen MR) is 71.5 cm³/mol. The van der Waals surface area contributed by atoms with Gasteiger partial charge in [-0.25, -0.2) is 9.78 Å². The summed E-state index contributed by atoms with van der Waals surface area (Å²) in [6.45, 7) is 5.36. The zero-order chi connectivity index (χ0) is 14.2. The number of hydrogen-bond donors (Lipinski definition) is 2. The van der Waals surface area contributed by atoms with Gasteiger partial charge in [-0.15, -0.1) is 0 Å². The van der Waals surface area contributed by atoms with Crippen LogP contribution in [0, 0.1) is 20.8 Å². The highest BCUT2D eigenvalue weighted by molar-refractivity contribution is 5.88. The van der Waals surface area contributed by atoms with Gasteiger partial charge in [-0.2, -0.15) is 0 Å². The Balaban J connectivity index is 2.73. The van der Waals surface area contributed by atoms with Crippen LogP contribution in [0.4, 0.5) is 0 Å². The molecule has 1 aromatic heterocycles. The van der Waals surface area contributed by atoms with Crippen LogP contribution in [0.3, 0.4) is 0 Å². The normalized spacial score (nSPS) is 10.5. The van der Waals surface area contributed by atoms with Crippen LogP contribution < -0.4 is 5.56 Å². The Morgan fingerprint density at radius 1 is 1.21 bits per heavy atom. The molecule has 5 heteroatoms. The van der Waals surface area contributed by atoms with Gasteiger partial charge < -0.3 is 10.1 Å². The molecule has 0 amide bonds. The Morgan fingerprint density at radius 2 is 1.79 bits per heavy atom. The van der Waals surface area contributed by atoms with Gasteiger partial charge in [0.2, 0.25) is 0 Å². The molecule has 1 heterocycles. The van der Waals surface area contributed by atoms with E-state index in [-0.39, 0.29) is 11.3 Å². The lowest BCUT2D eigenvalue weighted by atomic mass is 10.0. The third kappa shape index (κ3) is 2.27. The van der Waals surface area contributed by atoms with E-state index < -0.39 is 11.5 Å². The van der Waals surface area contributed by atoms with E-state index in [2.05, 4.69) is 9.97 Å². The molecule has 0 spiro atoms. The molecule has 0 bridgehead atoms. The number of nitrogens with zero attached hydrogens (tertiary/aromatic N) is 1. The van der Waals surface area contributed by atoms with Gasteiger partial charge in [0.1, 0.15) is 11.4 Å². The van der Waals surface area contributed by atoms with Crippen molar-refractivity contribution in [1.29, 1.82) is 0 Å². The third-order valence-corrected chi connectivity index (χ3v) is 3.03. The topological polar surface area (TPSA) is 83.0 Å². The fourth-order valence-electron chi connectivity index (χ4n) is 2.14. The summed E-state index contributed by atoms with van der Waals surface area (Å²) in [5, 5.41) is 8.96. The second kappa shape index (κ2) is 4.68. The van der Waals surface area contributed by atoms with Crippen molar-refractivity contribution >= 4 is 5.97 Å². The first-order valence-electron chi connectivity index (χ1n) is 5.82. The van der Waals surface area contributed by atoms with Crippen molar-refractivity contribution in [1.82, 2.24) is 9.97 Å². The van der Waals surface area contributed by atoms with Crippen molar-refractivity contribution < 1.29 is 9.90 Å². The molecular formula is C14H14N2O3. The maximum Gasteiger partial charge on any atom is 0.343 e. The number of aryl methyl sites for hydroxylation is 3. The molecule has 0 aliphatic carbocycles. The lowest BCUT2D eigenvalue weighted by Gasteiger charge is -2.10. The van der Waals surface area contributed by atoms with Crippen molar-refractivity contribution in [2.75, 3.05) is 0 Å². The maximum absolute atomic E-state index is 11.8. The molecular weight excluding hydrogens is 244 g/mol. The molecule has 0 fully saturated rings. The molecule has 1 aromatic carbocycles. The van der Waals surface area contributed by atoms with Gasteiger partial charge in [-0.1, -0.05) is 18.2 Å². The molecule has 0 saturated heterocycles. The van der Waals surface area contributed by atoms with E-state index in [1.165, 1.54) is 6.92 Å². The molecule has 0 aliphatic heterocycles. The molecule has 0 aliphatic rings. The number of nitrogens with one attached hydrogen (secondary N) is 1. The SMILES string of the molecule is Cc1cccc(C)c1-c1nc(C)c(C(=O)O)c(=O)[nH]1. The number of rotatable bonds is 2. The van der Waals surface area contributed by atoms with Gasteiger partial charge in [0, 0.05) is 5.56 Å².